The van der Waals surface area contributed by atoms with Gasteiger partial charge in [0.15, 0.2) is 0 Å². The summed E-state index contributed by atoms with van der Waals surface area (Å²) >= 11 is 3.22. The van der Waals surface area contributed by atoms with Crippen molar-refractivity contribution in [3.05, 3.63) is 22.9 Å². The number of hydrogen-bond donors (Lipinski definition) is 1. The Morgan fingerprint density at radius 3 is 2.78 bits per heavy atom. The number of aromatic nitrogens is 1. The van der Waals surface area contributed by atoms with Crippen molar-refractivity contribution in [1.29, 1.82) is 0 Å². The maximum absolute atomic E-state index is 12.3. The van der Waals surface area contributed by atoms with Gasteiger partial charge in [0.25, 0.3) is 0 Å². The topological polar surface area (TPSA) is 76.3 Å². The largest absolute Gasteiger partial charge is 0.327 e. The smallest absolute Gasteiger partial charge is 0.244 e. The van der Waals surface area contributed by atoms with Gasteiger partial charge in [-0.1, -0.05) is 0 Å². The molecule has 2 N–H and O–H groups in total. The summed E-state index contributed by atoms with van der Waals surface area (Å²) in [5.74, 6) is 0. The SMILES string of the molecule is Cl.NC1CCCN(S(=O)(=O)c2cncc(Br)c2)C1. The first kappa shape index (κ1) is 15.8. The Bertz CT molecular complexity index is 512. The van der Waals surface area contributed by atoms with Crippen LogP contribution in [0, 0.1) is 0 Å². The Labute approximate surface area is 121 Å². The molecule has 0 bridgehead atoms. The van der Waals surface area contributed by atoms with Gasteiger partial charge in [-0.2, -0.15) is 4.31 Å². The van der Waals surface area contributed by atoms with Crippen LogP contribution in [-0.4, -0.2) is 36.8 Å². The second kappa shape index (κ2) is 6.29. The highest BCUT2D eigenvalue weighted by Gasteiger charge is 2.29. The van der Waals surface area contributed by atoms with E-state index in [0.717, 1.165) is 12.8 Å². The van der Waals surface area contributed by atoms with Crippen LogP contribution >= 0.6 is 28.3 Å². The van der Waals surface area contributed by atoms with E-state index in [1.54, 1.807) is 12.3 Å². The fourth-order valence-electron chi connectivity index (χ4n) is 1.87. The van der Waals surface area contributed by atoms with Gasteiger partial charge in [-0.15, -0.1) is 12.4 Å². The fourth-order valence-corrected chi connectivity index (χ4v) is 3.92. The summed E-state index contributed by atoms with van der Waals surface area (Å²) in [5, 5.41) is 0. The number of pyridine rings is 1. The molecule has 0 spiro atoms. The maximum Gasteiger partial charge on any atom is 0.244 e. The van der Waals surface area contributed by atoms with Gasteiger partial charge in [-0.05, 0) is 34.8 Å². The molecule has 0 saturated carbocycles. The van der Waals surface area contributed by atoms with Crippen molar-refractivity contribution < 1.29 is 8.42 Å². The van der Waals surface area contributed by atoms with Crippen LogP contribution in [0.2, 0.25) is 0 Å². The van der Waals surface area contributed by atoms with Gasteiger partial charge in [0.2, 0.25) is 10.0 Å². The van der Waals surface area contributed by atoms with E-state index in [4.69, 9.17) is 5.73 Å². The number of hydrogen-bond acceptors (Lipinski definition) is 4. The van der Waals surface area contributed by atoms with Crippen LogP contribution in [-0.2, 0) is 10.0 Å². The minimum atomic E-state index is -3.46. The monoisotopic (exact) mass is 355 g/mol. The van der Waals surface area contributed by atoms with Gasteiger partial charge in [0, 0.05) is 36.0 Å². The van der Waals surface area contributed by atoms with Crippen LogP contribution in [0.5, 0.6) is 0 Å². The number of nitrogens with two attached hydrogens (primary N) is 1. The highest BCUT2D eigenvalue weighted by Crippen LogP contribution is 2.21. The molecule has 2 heterocycles. The predicted molar refractivity (Wildman–Crippen MR) is 75.2 cm³/mol. The van der Waals surface area contributed by atoms with E-state index in [-0.39, 0.29) is 23.3 Å². The molecule has 1 aliphatic heterocycles. The molecule has 0 aromatic carbocycles. The Kier molecular flexibility index (Phi) is 5.54. The number of halogens is 2. The van der Waals surface area contributed by atoms with Crippen molar-refractivity contribution in [2.24, 2.45) is 5.73 Å². The summed E-state index contributed by atoms with van der Waals surface area (Å²) in [4.78, 5) is 4.09. The molecule has 102 valence electrons. The lowest BCUT2D eigenvalue weighted by Crippen LogP contribution is -2.45. The first-order chi connectivity index (χ1) is 8.00. The minimum absolute atomic E-state index is 0. The van der Waals surface area contributed by atoms with Crippen molar-refractivity contribution in [2.45, 2.75) is 23.8 Å². The van der Waals surface area contributed by atoms with Crippen LogP contribution in [0.25, 0.3) is 0 Å². The maximum atomic E-state index is 12.3. The molecule has 18 heavy (non-hydrogen) atoms. The standard InChI is InChI=1S/C10H14BrN3O2S.ClH/c11-8-4-10(6-13-5-8)17(15,16)14-3-1-2-9(12)7-14;/h4-6,9H,1-3,7,12H2;1H. The summed E-state index contributed by atoms with van der Waals surface area (Å²) < 4.78 is 26.7. The van der Waals surface area contributed by atoms with Crippen molar-refractivity contribution in [1.82, 2.24) is 9.29 Å². The summed E-state index contributed by atoms with van der Waals surface area (Å²) in [7, 11) is -3.46. The zero-order chi connectivity index (χ0) is 12.5. The van der Waals surface area contributed by atoms with E-state index in [1.807, 2.05) is 0 Å². The third-order valence-corrected chi connectivity index (χ3v) is 5.00. The highest BCUT2D eigenvalue weighted by atomic mass is 79.9. The molecule has 1 unspecified atom stereocenters. The zero-order valence-electron chi connectivity index (χ0n) is 9.62. The van der Waals surface area contributed by atoms with E-state index >= 15 is 0 Å². The molecule has 1 aromatic rings. The summed E-state index contributed by atoms with van der Waals surface area (Å²) in [5.41, 5.74) is 5.80. The first-order valence-corrected chi connectivity index (χ1v) is 7.60. The molecule has 2 rings (SSSR count). The fraction of sp³-hybridized carbons (Fsp3) is 0.500. The average molecular weight is 357 g/mol. The van der Waals surface area contributed by atoms with Gasteiger partial charge in [0.05, 0.1) is 0 Å². The van der Waals surface area contributed by atoms with E-state index in [1.165, 1.54) is 10.5 Å². The number of sulfonamides is 1. The number of nitrogens with zero attached hydrogens (tertiary/aromatic N) is 2. The molecular formula is C10H15BrClN3O2S. The number of piperidine rings is 1. The van der Waals surface area contributed by atoms with E-state index in [9.17, 15) is 8.42 Å². The Hall–Kier alpha value is -0.210. The Morgan fingerprint density at radius 1 is 1.44 bits per heavy atom. The molecule has 1 atom stereocenters. The molecule has 0 aliphatic carbocycles. The molecule has 5 nitrogen and oxygen atoms in total. The van der Waals surface area contributed by atoms with E-state index in [0.29, 0.717) is 17.6 Å². The molecule has 0 radical (unpaired) electrons. The van der Waals surface area contributed by atoms with Gasteiger partial charge in [0.1, 0.15) is 4.90 Å². The molecule has 1 saturated heterocycles. The second-order valence-corrected chi connectivity index (χ2v) is 6.96. The lowest BCUT2D eigenvalue weighted by atomic mass is 10.1. The molecule has 1 aromatic heterocycles. The van der Waals surface area contributed by atoms with Gasteiger partial charge in [-0.25, -0.2) is 8.42 Å². The van der Waals surface area contributed by atoms with Gasteiger partial charge < -0.3 is 5.73 Å². The zero-order valence-corrected chi connectivity index (χ0v) is 12.8. The molecule has 1 aliphatic rings. The third-order valence-electron chi connectivity index (χ3n) is 2.74. The third kappa shape index (κ3) is 3.42. The summed E-state index contributed by atoms with van der Waals surface area (Å²) in [6.07, 6.45) is 4.60. The molecule has 1 fully saturated rings. The van der Waals surface area contributed by atoms with Gasteiger partial charge >= 0.3 is 0 Å². The van der Waals surface area contributed by atoms with Crippen LogP contribution in [0.1, 0.15) is 12.8 Å². The number of rotatable bonds is 2. The van der Waals surface area contributed by atoms with Crippen molar-refractivity contribution in [3.63, 3.8) is 0 Å². The van der Waals surface area contributed by atoms with Crippen LogP contribution in [0.15, 0.2) is 27.8 Å². The van der Waals surface area contributed by atoms with Crippen LogP contribution < -0.4 is 5.73 Å². The summed E-state index contributed by atoms with van der Waals surface area (Å²) in [6.45, 7) is 0.914. The minimum Gasteiger partial charge on any atom is -0.327 e. The normalized spacial score (nSPS) is 21.3. The highest BCUT2D eigenvalue weighted by molar-refractivity contribution is 9.10. The molecular weight excluding hydrogens is 342 g/mol. The first-order valence-electron chi connectivity index (χ1n) is 5.36. The van der Waals surface area contributed by atoms with E-state index < -0.39 is 10.0 Å². The quantitative estimate of drug-likeness (QED) is 0.868. The lowest BCUT2D eigenvalue weighted by molar-refractivity contribution is 0.316. The predicted octanol–water partition coefficient (Wildman–Crippen LogP) is 1.38. The molecule has 0 amide bonds. The summed E-state index contributed by atoms with van der Waals surface area (Å²) in [6, 6.07) is 1.49. The molecule has 8 heteroatoms. The van der Waals surface area contributed by atoms with Crippen molar-refractivity contribution >= 4 is 38.4 Å². The van der Waals surface area contributed by atoms with E-state index in [2.05, 4.69) is 20.9 Å². The Balaban J connectivity index is 0.00000162. The van der Waals surface area contributed by atoms with Crippen molar-refractivity contribution in [3.8, 4) is 0 Å². The average Bonchev–Trinajstić information content (AvgIpc) is 2.29. The van der Waals surface area contributed by atoms with Crippen molar-refractivity contribution in [2.75, 3.05) is 13.1 Å². The second-order valence-electron chi connectivity index (χ2n) is 4.10. The van der Waals surface area contributed by atoms with Gasteiger partial charge in [-0.3, -0.25) is 4.98 Å². The lowest BCUT2D eigenvalue weighted by Gasteiger charge is -2.29. The van der Waals surface area contributed by atoms with Crippen LogP contribution in [0.4, 0.5) is 0 Å². The van der Waals surface area contributed by atoms with Crippen LogP contribution in [0.3, 0.4) is 0 Å². The Morgan fingerprint density at radius 2 is 2.17 bits per heavy atom.